The van der Waals surface area contributed by atoms with Gasteiger partial charge in [-0.25, -0.2) is 9.97 Å². The minimum atomic E-state index is 0.180. The predicted molar refractivity (Wildman–Crippen MR) is 97.9 cm³/mol. The average molecular weight is 346 g/mol. The monoisotopic (exact) mass is 346 g/mol. The third-order valence-corrected chi connectivity index (χ3v) is 4.00. The summed E-state index contributed by atoms with van der Waals surface area (Å²) in [7, 11) is 0. The van der Waals surface area contributed by atoms with Crippen LogP contribution >= 0.6 is 0 Å². The quantitative estimate of drug-likeness (QED) is 0.589. The molecule has 4 aromatic rings. The molecule has 0 spiro atoms. The second kappa shape index (κ2) is 6.44. The van der Waals surface area contributed by atoms with Gasteiger partial charge < -0.3 is 5.11 Å². The molecule has 0 unspecified atom stereocenters. The summed E-state index contributed by atoms with van der Waals surface area (Å²) in [6.07, 6.45) is 1.72. The van der Waals surface area contributed by atoms with Crippen LogP contribution in [0.3, 0.4) is 0 Å². The van der Waals surface area contributed by atoms with E-state index in [1.165, 1.54) is 0 Å². The van der Waals surface area contributed by atoms with Crippen LogP contribution in [0.4, 0.5) is 0 Å². The number of aromatic hydroxyl groups is 1. The molecule has 0 saturated carbocycles. The molecule has 26 heavy (non-hydrogen) atoms. The summed E-state index contributed by atoms with van der Waals surface area (Å²) in [5, 5.41) is 22.0. The molecule has 0 aliphatic carbocycles. The maximum Gasteiger partial charge on any atom is 0.183 e. The molecule has 0 radical (unpaired) electrons. The fraction of sp³-hybridized carbons (Fsp3) is 0.158. The van der Waals surface area contributed by atoms with Crippen LogP contribution in [0.5, 0.6) is 5.75 Å². The van der Waals surface area contributed by atoms with Crippen molar-refractivity contribution < 1.29 is 5.11 Å². The van der Waals surface area contributed by atoms with Gasteiger partial charge in [0.2, 0.25) is 0 Å². The van der Waals surface area contributed by atoms with Gasteiger partial charge in [0.25, 0.3) is 0 Å². The molecule has 7 heteroatoms. The number of para-hydroxylation sites is 1. The highest BCUT2D eigenvalue weighted by molar-refractivity contribution is 5.70. The van der Waals surface area contributed by atoms with Crippen molar-refractivity contribution in [2.75, 3.05) is 0 Å². The van der Waals surface area contributed by atoms with Crippen LogP contribution in [0.2, 0.25) is 0 Å². The lowest BCUT2D eigenvalue weighted by Crippen LogP contribution is -2.02. The Labute approximate surface area is 150 Å². The van der Waals surface area contributed by atoms with Crippen LogP contribution in [0.1, 0.15) is 25.6 Å². The summed E-state index contributed by atoms with van der Waals surface area (Å²) in [5.74, 6) is 2.39. The lowest BCUT2D eigenvalue weighted by atomic mass is 10.1. The molecule has 1 aromatic carbocycles. The number of nitrogens with one attached hydrogen (secondary N) is 1. The molecule has 0 fully saturated rings. The van der Waals surface area contributed by atoms with Gasteiger partial charge in [0.1, 0.15) is 11.4 Å². The van der Waals surface area contributed by atoms with Crippen LogP contribution < -0.4 is 0 Å². The summed E-state index contributed by atoms with van der Waals surface area (Å²) < 4.78 is 1.71. The van der Waals surface area contributed by atoms with Crippen molar-refractivity contribution in [2.45, 2.75) is 19.8 Å². The van der Waals surface area contributed by atoms with E-state index in [0.717, 1.165) is 5.82 Å². The fourth-order valence-electron chi connectivity index (χ4n) is 2.65. The summed E-state index contributed by atoms with van der Waals surface area (Å²) in [6.45, 7) is 4.09. The molecule has 0 amide bonds. The van der Waals surface area contributed by atoms with Gasteiger partial charge in [0, 0.05) is 17.7 Å². The Bertz CT molecular complexity index is 1040. The van der Waals surface area contributed by atoms with E-state index in [1.807, 2.05) is 50.2 Å². The van der Waals surface area contributed by atoms with E-state index >= 15 is 0 Å². The number of phenols is 1. The van der Waals surface area contributed by atoms with Crippen LogP contribution in [0.15, 0.2) is 54.7 Å². The zero-order valence-corrected chi connectivity index (χ0v) is 14.5. The minimum absolute atomic E-state index is 0.180. The van der Waals surface area contributed by atoms with Crippen molar-refractivity contribution in [3.05, 3.63) is 60.6 Å². The molecule has 4 rings (SSSR count). The molecule has 0 aliphatic heterocycles. The average Bonchev–Trinajstić information content (AvgIpc) is 3.30. The van der Waals surface area contributed by atoms with E-state index in [4.69, 9.17) is 0 Å². The summed E-state index contributed by atoms with van der Waals surface area (Å²) in [5.41, 5.74) is 2.00. The highest BCUT2D eigenvalue weighted by atomic mass is 16.3. The largest absolute Gasteiger partial charge is 0.507 e. The first-order valence-corrected chi connectivity index (χ1v) is 8.36. The zero-order valence-electron chi connectivity index (χ0n) is 14.5. The van der Waals surface area contributed by atoms with Crippen molar-refractivity contribution >= 4 is 0 Å². The SMILES string of the molecule is CC(C)c1nc(-c2cc(-c3ccccc3O)n[nH]2)n(-c2ccccn2)n1. The summed E-state index contributed by atoms with van der Waals surface area (Å²) in [6, 6.07) is 14.6. The number of benzene rings is 1. The van der Waals surface area contributed by atoms with Crippen LogP contribution in [0, 0.1) is 0 Å². The van der Waals surface area contributed by atoms with Gasteiger partial charge >= 0.3 is 0 Å². The number of pyridine rings is 1. The fourth-order valence-corrected chi connectivity index (χ4v) is 2.65. The summed E-state index contributed by atoms with van der Waals surface area (Å²) >= 11 is 0. The number of H-pyrrole nitrogens is 1. The standard InChI is InChI=1S/C19H18N6O/c1-12(2)18-21-19(25(24-18)17-9-5-6-10-20-17)15-11-14(22-23-15)13-7-3-4-8-16(13)26/h3-12,26H,1-2H3,(H,22,23). The van der Waals surface area contributed by atoms with Gasteiger partial charge in [-0.05, 0) is 30.3 Å². The van der Waals surface area contributed by atoms with Crippen molar-refractivity contribution in [2.24, 2.45) is 0 Å². The third kappa shape index (κ3) is 2.83. The van der Waals surface area contributed by atoms with Gasteiger partial charge in [-0.15, -0.1) is 5.10 Å². The molecular formula is C19H18N6O. The van der Waals surface area contributed by atoms with Gasteiger partial charge in [0.15, 0.2) is 17.5 Å². The first-order chi connectivity index (χ1) is 12.6. The molecular weight excluding hydrogens is 328 g/mol. The van der Waals surface area contributed by atoms with Crippen molar-refractivity contribution in [1.29, 1.82) is 0 Å². The molecule has 0 bridgehead atoms. The Balaban J connectivity index is 1.82. The minimum Gasteiger partial charge on any atom is -0.507 e. The number of hydrogen-bond acceptors (Lipinski definition) is 5. The second-order valence-electron chi connectivity index (χ2n) is 6.23. The van der Waals surface area contributed by atoms with E-state index in [9.17, 15) is 5.11 Å². The van der Waals surface area contributed by atoms with E-state index in [2.05, 4.69) is 25.3 Å². The van der Waals surface area contributed by atoms with Crippen molar-refractivity contribution in [3.63, 3.8) is 0 Å². The lowest BCUT2D eigenvalue weighted by Gasteiger charge is -2.02. The zero-order chi connectivity index (χ0) is 18.1. The second-order valence-corrected chi connectivity index (χ2v) is 6.23. The highest BCUT2D eigenvalue weighted by Gasteiger charge is 2.19. The molecule has 0 aliphatic rings. The Morgan fingerprint density at radius 3 is 2.62 bits per heavy atom. The molecule has 7 nitrogen and oxygen atoms in total. The van der Waals surface area contributed by atoms with Crippen molar-refractivity contribution in [1.82, 2.24) is 29.9 Å². The first kappa shape index (κ1) is 16.0. The Morgan fingerprint density at radius 1 is 1.08 bits per heavy atom. The highest BCUT2D eigenvalue weighted by Crippen LogP contribution is 2.30. The Hall–Kier alpha value is -3.48. The molecule has 3 aromatic heterocycles. The number of hydrogen-bond donors (Lipinski definition) is 2. The third-order valence-electron chi connectivity index (χ3n) is 4.00. The van der Waals surface area contributed by atoms with E-state index in [-0.39, 0.29) is 11.7 Å². The van der Waals surface area contributed by atoms with Crippen molar-refractivity contribution in [3.8, 4) is 34.3 Å². The van der Waals surface area contributed by atoms with Gasteiger partial charge in [0.05, 0.1) is 5.69 Å². The topological polar surface area (TPSA) is 92.5 Å². The number of nitrogens with zero attached hydrogens (tertiary/aromatic N) is 5. The molecule has 130 valence electrons. The normalized spacial score (nSPS) is 11.2. The summed E-state index contributed by atoms with van der Waals surface area (Å²) in [4.78, 5) is 9.04. The van der Waals surface area contributed by atoms with Gasteiger partial charge in [-0.1, -0.05) is 32.0 Å². The smallest absolute Gasteiger partial charge is 0.183 e. The van der Waals surface area contributed by atoms with E-state index < -0.39 is 0 Å². The molecule has 0 saturated heterocycles. The van der Waals surface area contributed by atoms with Gasteiger partial charge in [-0.3, -0.25) is 5.10 Å². The van der Waals surface area contributed by atoms with E-state index in [0.29, 0.717) is 28.6 Å². The molecule has 0 atom stereocenters. The predicted octanol–water partition coefficient (Wildman–Crippen LogP) is 3.55. The first-order valence-electron chi connectivity index (χ1n) is 8.36. The lowest BCUT2D eigenvalue weighted by molar-refractivity contribution is 0.477. The number of rotatable bonds is 4. The molecule has 2 N–H and O–H groups in total. The number of phenolic OH excluding ortho intramolecular Hbond substituents is 1. The van der Waals surface area contributed by atoms with Crippen LogP contribution in [-0.2, 0) is 0 Å². The maximum absolute atomic E-state index is 10.1. The van der Waals surface area contributed by atoms with Gasteiger partial charge in [-0.2, -0.15) is 9.78 Å². The van der Waals surface area contributed by atoms with Crippen LogP contribution in [0.25, 0.3) is 28.6 Å². The molecule has 3 heterocycles. The maximum atomic E-state index is 10.1. The Kier molecular flexibility index (Phi) is 3.96. The van der Waals surface area contributed by atoms with Crippen LogP contribution in [-0.4, -0.2) is 35.1 Å². The Morgan fingerprint density at radius 2 is 1.88 bits per heavy atom. The van der Waals surface area contributed by atoms with E-state index in [1.54, 1.807) is 23.0 Å². The number of aromatic amines is 1. The number of aromatic nitrogens is 6.